The van der Waals surface area contributed by atoms with E-state index in [-0.39, 0.29) is 11.9 Å². The van der Waals surface area contributed by atoms with Gasteiger partial charge in [-0.15, -0.1) is 0 Å². The number of carbonyl (C=O) groups excluding carboxylic acids is 1. The van der Waals surface area contributed by atoms with Gasteiger partial charge in [-0.3, -0.25) is 4.79 Å². The molecule has 1 unspecified atom stereocenters. The van der Waals surface area contributed by atoms with Gasteiger partial charge in [0, 0.05) is 23.6 Å². The fourth-order valence-electron chi connectivity index (χ4n) is 3.38. The van der Waals surface area contributed by atoms with E-state index in [1.807, 2.05) is 55.5 Å². The van der Waals surface area contributed by atoms with E-state index >= 15 is 0 Å². The van der Waals surface area contributed by atoms with Gasteiger partial charge in [-0.2, -0.15) is 4.98 Å². The van der Waals surface area contributed by atoms with Crippen LogP contribution in [-0.2, 0) is 11.3 Å². The van der Waals surface area contributed by atoms with Crippen LogP contribution in [0.3, 0.4) is 0 Å². The van der Waals surface area contributed by atoms with Gasteiger partial charge in [0.05, 0.1) is 6.61 Å². The number of carbonyl (C=O) groups is 1. The maximum atomic E-state index is 12.4. The molecular weight excluding hydrogens is 378 g/mol. The molecule has 1 aliphatic rings. The van der Waals surface area contributed by atoms with Crippen molar-refractivity contribution in [3.63, 3.8) is 0 Å². The molecule has 0 aliphatic carbocycles. The third-order valence-corrected chi connectivity index (χ3v) is 4.96. The molecule has 0 spiro atoms. The number of aromatic nitrogens is 2. The van der Waals surface area contributed by atoms with Crippen LogP contribution >= 0.6 is 11.6 Å². The Morgan fingerprint density at radius 2 is 2.07 bits per heavy atom. The van der Waals surface area contributed by atoms with Crippen molar-refractivity contribution in [1.29, 1.82) is 0 Å². The van der Waals surface area contributed by atoms with E-state index in [9.17, 15) is 4.79 Å². The molecule has 0 radical (unpaired) electrons. The molecule has 1 aliphatic heterocycles. The number of halogens is 1. The second-order valence-electron chi connectivity index (χ2n) is 6.62. The summed E-state index contributed by atoms with van der Waals surface area (Å²) >= 11 is 6.07. The molecule has 0 saturated carbocycles. The van der Waals surface area contributed by atoms with E-state index in [0.717, 1.165) is 16.9 Å². The minimum Gasteiger partial charge on any atom is -0.494 e. The number of hydrogen-bond acceptors (Lipinski definition) is 5. The maximum Gasteiger partial charge on any atom is 0.249 e. The van der Waals surface area contributed by atoms with Gasteiger partial charge in [-0.05, 0) is 55.3 Å². The number of ether oxygens (including phenoxy) is 1. The molecule has 0 bridgehead atoms. The third kappa shape index (κ3) is 3.87. The first-order chi connectivity index (χ1) is 13.6. The highest BCUT2D eigenvalue weighted by atomic mass is 35.5. The lowest BCUT2D eigenvalue weighted by atomic mass is 10.1. The molecule has 1 fully saturated rings. The number of likely N-dealkylation sites (tertiary alicyclic amines) is 1. The summed E-state index contributed by atoms with van der Waals surface area (Å²) in [5.41, 5.74) is 1.81. The van der Waals surface area contributed by atoms with Gasteiger partial charge in [0.1, 0.15) is 11.8 Å². The van der Waals surface area contributed by atoms with Crippen LogP contribution < -0.4 is 4.74 Å². The van der Waals surface area contributed by atoms with Crippen LogP contribution in [0.5, 0.6) is 5.75 Å². The number of rotatable bonds is 6. The highest BCUT2D eigenvalue weighted by molar-refractivity contribution is 6.30. The number of benzene rings is 2. The van der Waals surface area contributed by atoms with Gasteiger partial charge in [-0.1, -0.05) is 28.9 Å². The topological polar surface area (TPSA) is 68.5 Å². The molecule has 6 nitrogen and oxygen atoms in total. The molecule has 3 aromatic rings. The zero-order valence-electron chi connectivity index (χ0n) is 15.5. The quantitative estimate of drug-likeness (QED) is 0.605. The zero-order valence-corrected chi connectivity index (χ0v) is 16.2. The summed E-state index contributed by atoms with van der Waals surface area (Å²) in [6, 6.07) is 14.8. The summed E-state index contributed by atoms with van der Waals surface area (Å²) < 4.78 is 11.0. The van der Waals surface area contributed by atoms with Crippen molar-refractivity contribution in [1.82, 2.24) is 15.0 Å². The Morgan fingerprint density at radius 3 is 2.82 bits per heavy atom. The summed E-state index contributed by atoms with van der Waals surface area (Å²) in [6.07, 6.45) is 1.12. The van der Waals surface area contributed by atoms with Crippen molar-refractivity contribution in [3.05, 3.63) is 65.0 Å². The standard InChI is InChI=1S/C21H20ClN3O3/c1-2-27-17-8-6-15(7-9-17)20-23-21(28-24-20)18-10-11-19(26)25(18)13-14-4-3-5-16(22)12-14/h3-9,12,18H,2,10-11,13H2,1H3. The molecule has 0 N–H and O–H groups in total. The minimum absolute atomic E-state index is 0.0748. The van der Waals surface area contributed by atoms with Gasteiger partial charge < -0.3 is 14.2 Å². The molecule has 2 heterocycles. The highest BCUT2D eigenvalue weighted by Crippen LogP contribution is 2.34. The largest absolute Gasteiger partial charge is 0.494 e. The van der Waals surface area contributed by atoms with Crippen LogP contribution in [0.1, 0.15) is 37.3 Å². The Hall–Kier alpha value is -2.86. The van der Waals surface area contributed by atoms with Crippen LogP contribution in [0.2, 0.25) is 5.02 Å². The van der Waals surface area contributed by atoms with Crippen molar-refractivity contribution in [3.8, 4) is 17.1 Å². The van der Waals surface area contributed by atoms with E-state index in [4.69, 9.17) is 20.9 Å². The first-order valence-corrected chi connectivity index (χ1v) is 9.62. The maximum absolute atomic E-state index is 12.4. The first-order valence-electron chi connectivity index (χ1n) is 9.25. The zero-order chi connectivity index (χ0) is 19.5. The molecule has 1 atom stereocenters. The first kappa shape index (κ1) is 18.5. The van der Waals surface area contributed by atoms with Crippen molar-refractivity contribution in [2.75, 3.05) is 6.61 Å². The van der Waals surface area contributed by atoms with E-state index in [1.165, 1.54) is 0 Å². The van der Waals surface area contributed by atoms with Crippen LogP contribution in [-0.4, -0.2) is 27.6 Å². The van der Waals surface area contributed by atoms with E-state index < -0.39 is 0 Å². The minimum atomic E-state index is -0.226. The predicted molar refractivity (Wildman–Crippen MR) is 105 cm³/mol. The molecule has 28 heavy (non-hydrogen) atoms. The molecule has 1 saturated heterocycles. The van der Waals surface area contributed by atoms with E-state index in [0.29, 0.717) is 42.7 Å². The van der Waals surface area contributed by atoms with Crippen molar-refractivity contribution in [2.24, 2.45) is 0 Å². The van der Waals surface area contributed by atoms with Crippen molar-refractivity contribution in [2.45, 2.75) is 32.4 Å². The average molecular weight is 398 g/mol. The summed E-state index contributed by atoms with van der Waals surface area (Å²) in [4.78, 5) is 18.7. The van der Waals surface area contributed by atoms with Crippen LogP contribution in [0.4, 0.5) is 0 Å². The lowest BCUT2D eigenvalue weighted by molar-refractivity contribution is -0.129. The Labute approximate surface area is 168 Å². The molecule has 1 aromatic heterocycles. The number of nitrogens with zero attached hydrogens (tertiary/aromatic N) is 3. The highest BCUT2D eigenvalue weighted by Gasteiger charge is 2.36. The summed E-state index contributed by atoms with van der Waals surface area (Å²) in [6.45, 7) is 3.02. The molecule has 4 rings (SSSR count). The lowest BCUT2D eigenvalue weighted by Gasteiger charge is -2.22. The summed E-state index contributed by atoms with van der Waals surface area (Å²) in [5, 5.41) is 4.75. The fraction of sp³-hybridized carbons (Fsp3) is 0.286. The summed E-state index contributed by atoms with van der Waals surface area (Å²) in [7, 11) is 0. The van der Waals surface area contributed by atoms with Gasteiger partial charge in [0.15, 0.2) is 0 Å². The van der Waals surface area contributed by atoms with Crippen LogP contribution in [0.15, 0.2) is 53.1 Å². The van der Waals surface area contributed by atoms with Gasteiger partial charge in [-0.25, -0.2) is 0 Å². The smallest absolute Gasteiger partial charge is 0.249 e. The van der Waals surface area contributed by atoms with E-state index in [2.05, 4.69) is 10.1 Å². The number of amides is 1. The average Bonchev–Trinajstić information content (AvgIpc) is 3.30. The number of hydrogen-bond donors (Lipinski definition) is 0. The monoisotopic (exact) mass is 397 g/mol. The van der Waals surface area contributed by atoms with Crippen molar-refractivity contribution >= 4 is 17.5 Å². The van der Waals surface area contributed by atoms with E-state index in [1.54, 1.807) is 4.90 Å². The predicted octanol–water partition coefficient (Wildman–Crippen LogP) is 4.65. The molecule has 144 valence electrons. The van der Waals surface area contributed by atoms with Crippen molar-refractivity contribution < 1.29 is 14.1 Å². The third-order valence-electron chi connectivity index (χ3n) is 4.72. The second kappa shape index (κ2) is 8.02. The Morgan fingerprint density at radius 1 is 1.25 bits per heavy atom. The fourth-order valence-corrected chi connectivity index (χ4v) is 3.59. The van der Waals surface area contributed by atoms with Crippen LogP contribution in [0.25, 0.3) is 11.4 Å². The van der Waals surface area contributed by atoms with Crippen LogP contribution in [0, 0.1) is 0 Å². The molecular formula is C21H20ClN3O3. The normalized spacial score (nSPS) is 16.6. The van der Waals surface area contributed by atoms with Gasteiger partial charge in [0.25, 0.3) is 0 Å². The summed E-state index contributed by atoms with van der Waals surface area (Å²) in [5.74, 6) is 1.83. The molecule has 7 heteroatoms. The van der Waals surface area contributed by atoms with Gasteiger partial charge in [0.2, 0.25) is 17.6 Å². The Kier molecular flexibility index (Phi) is 5.30. The SMILES string of the molecule is CCOc1ccc(-c2noc(C3CCC(=O)N3Cc3cccc(Cl)c3)n2)cc1. The Balaban J connectivity index is 1.54. The Bertz CT molecular complexity index is 971. The second-order valence-corrected chi connectivity index (χ2v) is 7.06. The van der Waals surface area contributed by atoms with Gasteiger partial charge >= 0.3 is 0 Å². The molecule has 1 amide bonds. The lowest BCUT2D eigenvalue weighted by Crippen LogP contribution is -2.27. The molecule has 2 aromatic carbocycles.